The van der Waals surface area contributed by atoms with Crippen LogP contribution in [0.5, 0.6) is 0 Å². The molecule has 1 unspecified atom stereocenters. The van der Waals surface area contributed by atoms with Crippen LogP contribution in [0.4, 0.5) is 0 Å². The molecule has 1 atom stereocenters. The Morgan fingerprint density at radius 1 is 1.37 bits per heavy atom. The fourth-order valence-corrected chi connectivity index (χ4v) is 2.64. The zero-order valence-corrected chi connectivity index (χ0v) is 11.1. The standard InChI is InChI=1S/C15H18N4/c1-2-10-8-17-7-6-11(10)15-18-9-12-13(16)4-3-5-14(12)19-15/h6-9,13H,2-5,16H2,1H3. The Labute approximate surface area is 113 Å². The van der Waals surface area contributed by atoms with Crippen LogP contribution in [0.3, 0.4) is 0 Å². The van der Waals surface area contributed by atoms with E-state index in [4.69, 9.17) is 10.7 Å². The minimum atomic E-state index is 0.0980. The molecule has 2 N–H and O–H groups in total. The lowest BCUT2D eigenvalue weighted by molar-refractivity contribution is 0.557. The molecule has 1 aliphatic carbocycles. The summed E-state index contributed by atoms with van der Waals surface area (Å²) < 4.78 is 0. The highest BCUT2D eigenvalue weighted by Gasteiger charge is 2.19. The lowest BCUT2D eigenvalue weighted by Crippen LogP contribution is -2.19. The van der Waals surface area contributed by atoms with Gasteiger partial charge in [-0.25, -0.2) is 9.97 Å². The Morgan fingerprint density at radius 2 is 2.26 bits per heavy atom. The molecule has 0 bridgehead atoms. The van der Waals surface area contributed by atoms with Gasteiger partial charge in [0.25, 0.3) is 0 Å². The summed E-state index contributed by atoms with van der Waals surface area (Å²) in [5, 5.41) is 0. The molecule has 0 radical (unpaired) electrons. The number of rotatable bonds is 2. The SMILES string of the molecule is CCc1cnccc1-c1ncc2c(n1)CCCC2N. The quantitative estimate of drug-likeness (QED) is 0.894. The Morgan fingerprint density at radius 3 is 3.11 bits per heavy atom. The van der Waals surface area contributed by atoms with Gasteiger partial charge in [-0.05, 0) is 37.3 Å². The van der Waals surface area contributed by atoms with Crippen LogP contribution in [0.15, 0.2) is 24.7 Å². The van der Waals surface area contributed by atoms with Crippen LogP contribution in [0.25, 0.3) is 11.4 Å². The van der Waals surface area contributed by atoms with Crippen LogP contribution in [0.2, 0.25) is 0 Å². The molecule has 1 aliphatic rings. The van der Waals surface area contributed by atoms with Gasteiger partial charge < -0.3 is 5.73 Å². The summed E-state index contributed by atoms with van der Waals surface area (Å²) >= 11 is 0. The van der Waals surface area contributed by atoms with Crippen molar-refractivity contribution in [1.29, 1.82) is 0 Å². The van der Waals surface area contributed by atoms with Crippen LogP contribution in [0.1, 0.15) is 42.6 Å². The van der Waals surface area contributed by atoms with Crippen LogP contribution >= 0.6 is 0 Å². The molecule has 4 heteroatoms. The van der Waals surface area contributed by atoms with Gasteiger partial charge in [0.1, 0.15) is 0 Å². The molecule has 0 fully saturated rings. The van der Waals surface area contributed by atoms with Crippen molar-refractivity contribution >= 4 is 0 Å². The second-order valence-electron chi connectivity index (χ2n) is 4.98. The highest BCUT2D eigenvalue weighted by Crippen LogP contribution is 2.28. The number of nitrogens with two attached hydrogens (primary N) is 1. The minimum Gasteiger partial charge on any atom is -0.324 e. The van der Waals surface area contributed by atoms with Crippen molar-refractivity contribution in [3.05, 3.63) is 41.5 Å². The van der Waals surface area contributed by atoms with E-state index in [0.29, 0.717) is 0 Å². The van der Waals surface area contributed by atoms with Crippen molar-refractivity contribution in [2.45, 2.75) is 38.6 Å². The number of aromatic nitrogens is 3. The topological polar surface area (TPSA) is 64.7 Å². The molecule has 0 spiro atoms. The Bertz CT molecular complexity index is 594. The molecule has 2 aromatic heterocycles. The van der Waals surface area contributed by atoms with E-state index in [-0.39, 0.29) is 6.04 Å². The monoisotopic (exact) mass is 254 g/mol. The van der Waals surface area contributed by atoms with Crippen molar-refractivity contribution < 1.29 is 0 Å². The van der Waals surface area contributed by atoms with Gasteiger partial charge in [-0.1, -0.05) is 6.92 Å². The van der Waals surface area contributed by atoms with E-state index in [1.807, 2.05) is 18.5 Å². The summed E-state index contributed by atoms with van der Waals surface area (Å²) in [6.45, 7) is 2.12. The third kappa shape index (κ3) is 2.24. The van der Waals surface area contributed by atoms with Crippen molar-refractivity contribution in [3.8, 4) is 11.4 Å². The first-order valence-corrected chi connectivity index (χ1v) is 6.84. The average molecular weight is 254 g/mol. The number of hydrogen-bond acceptors (Lipinski definition) is 4. The predicted octanol–water partition coefficient (Wildman–Crippen LogP) is 2.44. The Balaban J connectivity index is 2.07. The third-order valence-corrected chi connectivity index (χ3v) is 3.75. The van der Waals surface area contributed by atoms with Crippen LogP contribution < -0.4 is 5.73 Å². The van der Waals surface area contributed by atoms with Crippen LogP contribution in [-0.4, -0.2) is 15.0 Å². The lowest BCUT2D eigenvalue weighted by Gasteiger charge is -2.21. The summed E-state index contributed by atoms with van der Waals surface area (Å²) in [6.07, 6.45) is 9.68. The molecule has 0 saturated carbocycles. The molecule has 0 amide bonds. The van der Waals surface area contributed by atoms with Crippen LogP contribution in [0, 0.1) is 0 Å². The zero-order valence-electron chi connectivity index (χ0n) is 11.1. The second-order valence-corrected chi connectivity index (χ2v) is 4.98. The molecule has 0 aromatic carbocycles. The molecule has 19 heavy (non-hydrogen) atoms. The largest absolute Gasteiger partial charge is 0.324 e. The maximum Gasteiger partial charge on any atom is 0.159 e. The van der Waals surface area contributed by atoms with Gasteiger partial charge in [0.15, 0.2) is 5.82 Å². The van der Waals surface area contributed by atoms with Gasteiger partial charge in [-0.15, -0.1) is 0 Å². The first kappa shape index (κ1) is 12.2. The second kappa shape index (κ2) is 5.05. The molecule has 2 heterocycles. The number of pyridine rings is 1. The predicted molar refractivity (Wildman–Crippen MR) is 74.5 cm³/mol. The summed E-state index contributed by atoms with van der Waals surface area (Å²) in [5.74, 6) is 0.798. The minimum absolute atomic E-state index is 0.0980. The smallest absolute Gasteiger partial charge is 0.159 e. The number of nitrogens with zero attached hydrogens (tertiary/aromatic N) is 3. The fraction of sp³-hybridized carbons (Fsp3) is 0.400. The van der Waals surface area contributed by atoms with E-state index < -0.39 is 0 Å². The molecule has 4 nitrogen and oxygen atoms in total. The summed E-state index contributed by atoms with van der Waals surface area (Å²) in [4.78, 5) is 13.4. The molecule has 98 valence electrons. The lowest BCUT2D eigenvalue weighted by atomic mass is 9.93. The van der Waals surface area contributed by atoms with Crippen molar-refractivity contribution in [2.24, 2.45) is 5.73 Å². The third-order valence-electron chi connectivity index (χ3n) is 3.75. The molecular weight excluding hydrogens is 236 g/mol. The van der Waals surface area contributed by atoms with Gasteiger partial charge in [0.05, 0.1) is 0 Å². The molecular formula is C15H18N4. The fourth-order valence-electron chi connectivity index (χ4n) is 2.64. The normalized spacial score (nSPS) is 18.1. The van der Waals surface area contributed by atoms with Gasteiger partial charge in [-0.2, -0.15) is 0 Å². The Kier molecular flexibility index (Phi) is 3.25. The van der Waals surface area contributed by atoms with E-state index in [2.05, 4.69) is 16.9 Å². The molecule has 0 aliphatic heterocycles. The van der Waals surface area contributed by atoms with E-state index in [0.717, 1.165) is 48.3 Å². The molecule has 2 aromatic rings. The highest BCUT2D eigenvalue weighted by molar-refractivity contribution is 5.59. The average Bonchev–Trinajstić information content (AvgIpc) is 2.47. The Hall–Kier alpha value is -1.81. The number of aryl methyl sites for hydroxylation is 2. The molecule has 3 rings (SSSR count). The van der Waals surface area contributed by atoms with Crippen molar-refractivity contribution in [1.82, 2.24) is 15.0 Å². The first-order chi connectivity index (χ1) is 9.29. The summed E-state index contributed by atoms with van der Waals surface area (Å²) in [6, 6.07) is 2.09. The van der Waals surface area contributed by atoms with E-state index in [9.17, 15) is 0 Å². The maximum absolute atomic E-state index is 6.10. The van der Waals surface area contributed by atoms with Gasteiger partial charge in [0.2, 0.25) is 0 Å². The first-order valence-electron chi connectivity index (χ1n) is 6.84. The van der Waals surface area contributed by atoms with Gasteiger partial charge in [-0.3, -0.25) is 4.98 Å². The number of hydrogen-bond donors (Lipinski definition) is 1. The van der Waals surface area contributed by atoms with E-state index >= 15 is 0 Å². The summed E-state index contributed by atoms with van der Waals surface area (Å²) in [5.41, 5.74) is 10.6. The van der Waals surface area contributed by atoms with Crippen molar-refractivity contribution in [3.63, 3.8) is 0 Å². The number of fused-ring (bicyclic) bond motifs is 1. The highest BCUT2D eigenvalue weighted by atomic mass is 14.9. The summed E-state index contributed by atoms with van der Waals surface area (Å²) in [7, 11) is 0. The van der Waals surface area contributed by atoms with Gasteiger partial charge in [0, 0.05) is 41.5 Å². The zero-order chi connectivity index (χ0) is 13.2. The van der Waals surface area contributed by atoms with E-state index in [1.165, 1.54) is 5.56 Å². The van der Waals surface area contributed by atoms with Crippen molar-refractivity contribution in [2.75, 3.05) is 0 Å². The molecule has 0 saturated heterocycles. The van der Waals surface area contributed by atoms with Gasteiger partial charge >= 0.3 is 0 Å². The van der Waals surface area contributed by atoms with Crippen LogP contribution in [-0.2, 0) is 12.8 Å². The van der Waals surface area contributed by atoms with E-state index in [1.54, 1.807) is 6.20 Å². The maximum atomic E-state index is 6.10.